The van der Waals surface area contributed by atoms with Gasteiger partial charge in [0.25, 0.3) is 0 Å². The van der Waals surface area contributed by atoms with Crippen molar-refractivity contribution in [2.24, 2.45) is 5.92 Å². The van der Waals surface area contributed by atoms with Gasteiger partial charge in [-0.2, -0.15) is 0 Å². The summed E-state index contributed by atoms with van der Waals surface area (Å²) in [5.74, 6) is -0.0618. The van der Waals surface area contributed by atoms with Crippen LogP contribution in [0.4, 0.5) is 20.6 Å². The molecule has 1 aliphatic rings. The monoisotopic (exact) mass is 323 g/mol. The molecule has 2 rings (SSSR count). The first kappa shape index (κ1) is 17.5. The van der Waals surface area contributed by atoms with E-state index in [0.717, 1.165) is 12.8 Å². The summed E-state index contributed by atoms with van der Waals surface area (Å²) in [6.07, 6.45) is 1.56. The van der Waals surface area contributed by atoms with Crippen LogP contribution in [0.3, 0.4) is 0 Å². The molecule has 0 radical (unpaired) electrons. The summed E-state index contributed by atoms with van der Waals surface area (Å²) < 4.78 is 14.2. The van der Waals surface area contributed by atoms with Gasteiger partial charge in [-0.3, -0.25) is 0 Å². The molecule has 0 spiro atoms. The van der Waals surface area contributed by atoms with Crippen LogP contribution in [0.5, 0.6) is 0 Å². The molecule has 6 heteroatoms. The maximum atomic E-state index is 14.2. The van der Waals surface area contributed by atoms with E-state index in [1.807, 2.05) is 25.8 Å². The molecule has 5 nitrogen and oxygen atoms in total. The van der Waals surface area contributed by atoms with Crippen molar-refractivity contribution in [2.75, 3.05) is 30.9 Å². The third-order valence-corrected chi connectivity index (χ3v) is 4.33. The zero-order valence-corrected chi connectivity index (χ0v) is 14.2. The Morgan fingerprint density at radius 3 is 2.57 bits per heavy atom. The quantitative estimate of drug-likeness (QED) is 0.846. The molecule has 0 bridgehead atoms. The van der Waals surface area contributed by atoms with Gasteiger partial charge in [-0.25, -0.2) is 9.18 Å². The van der Waals surface area contributed by atoms with Crippen molar-refractivity contribution >= 4 is 17.4 Å². The first-order valence-corrected chi connectivity index (χ1v) is 8.02. The number of carbonyl (C=O) groups is 1. The summed E-state index contributed by atoms with van der Waals surface area (Å²) in [4.78, 5) is 15.4. The van der Waals surface area contributed by atoms with Crippen LogP contribution >= 0.6 is 0 Å². The third-order valence-electron chi connectivity index (χ3n) is 4.33. The molecular weight excluding hydrogens is 297 g/mol. The molecule has 1 aromatic carbocycles. The minimum Gasteiger partial charge on any atom is -0.391 e. The molecule has 1 atom stereocenters. The molecule has 0 aliphatic heterocycles. The molecule has 1 aromatic rings. The first-order valence-electron chi connectivity index (χ1n) is 8.02. The van der Waals surface area contributed by atoms with Crippen LogP contribution in [0, 0.1) is 11.7 Å². The number of aliphatic hydroxyl groups excluding tert-OH is 1. The lowest BCUT2D eigenvalue weighted by Gasteiger charge is -2.25. The number of rotatable bonds is 6. The van der Waals surface area contributed by atoms with Crippen LogP contribution in [-0.2, 0) is 0 Å². The van der Waals surface area contributed by atoms with Gasteiger partial charge in [-0.15, -0.1) is 0 Å². The van der Waals surface area contributed by atoms with Gasteiger partial charge in [0, 0.05) is 32.4 Å². The number of aliphatic hydroxyl groups is 1. The SMILES string of the molecule is CC(C)N(C)c1ccc(NC(=O)N(C)CC(O)C2CC2)cc1F. The lowest BCUT2D eigenvalue weighted by Crippen LogP contribution is -2.38. The normalized spacial score (nSPS) is 15.4. The van der Waals surface area contributed by atoms with E-state index in [4.69, 9.17) is 0 Å². The second-order valence-electron chi connectivity index (χ2n) is 6.59. The van der Waals surface area contributed by atoms with Gasteiger partial charge in [0.15, 0.2) is 0 Å². The molecule has 1 aliphatic carbocycles. The molecule has 2 amide bonds. The molecular formula is C17H26FN3O2. The van der Waals surface area contributed by atoms with E-state index in [0.29, 0.717) is 17.3 Å². The number of hydrogen-bond acceptors (Lipinski definition) is 3. The van der Waals surface area contributed by atoms with Gasteiger partial charge in [0.2, 0.25) is 0 Å². The Hall–Kier alpha value is -1.82. The number of halogens is 1. The summed E-state index contributed by atoms with van der Waals surface area (Å²) in [5.41, 5.74) is 0.900. The van der Waals surface area contributed by atoms with E-state index in [-0.39, 0.29) is 24.4 Å². The van der Waals surface area contributed by atoms with E-state index in [1.165, 1.54) is 11.0 Å². The van der Waals surface area contributed by atoms with E-state index in [9.17, 15) is 14.3 Å². The van der Waals surface area contributed by atoms with E-state index in [2.05, 4.69) is 5.32 Å². The Balaban J connectivity index is 1.96. The van der Waals surface area contributed by atoms with Crippen LogP contribution in [0.15, 0.2) is 18.2 Å². The lowest BCUT2D eigenvalue weighted by molar-refractivity contribution is 0.117. The Morgan fingerprint density at radius 2 is 2.04 bits per heavy atom. The van der Waals surface area contributed by atoms with Crippen LogP contribution in [0.25, 0.3) is 0 Å². The molecule has 0 heterocycles. The number of anilines is 2. The fourth-order valence-electron chi connectivity index (χ4n) is 2.36. The van der Waals surface area contributed by atoms with Gasteiger partial charge in [0.05, 0.1) is 11.8 Å². The molecule has 23 heavy (non-hydrogen) atoms. The topological polar surface area (TPSA) is 55.8 Å². The summed E-state index contributed by atoms with van der Waals surface area (Å²) in [6.45, 7) is 4.25. The van der Waals surface area contributed by atoms with Crippen molar-refractivity contribution in [3.8, 4) is 0 Å². The number of likely N-dealkylation sites (N-methyl/N-ethyl adjacent to an activating group) is 1. The number of nitrogens with one attached hydrogen (secondary N) is 1. The molecule has 1 unspecified atom stereocenters. The van der Waals surface area contributed by atoms with Gasteiger partial charge in [0.1, 0.15) is 5.82 Å². The van der Waals surface area contributed by atoms with Gasteiger partial charge < -0.3 is 20.2 Å². The summed E-state index contributed by atoms with van der Waals surface area (Å²) >= 11 is 0. The number of hydrogen-bond donors (Lipinski definition) is 2. The number of urea groups is 1. The maximum absolute atomic E-state index is 14.2. The van der Waals surface area contributed by atoms with E-state index >= 15 is 0 Å². The Labute approximate surface area is 137 Å². The summed E-state index contributed by atoms with van der Waals surface area (Å²) in [5, 5.41) is 12.5. The Morgan fingerprint density at radius 1 is 1.39 bits per heavy atom. The molecule has 128 valence electrons. The van der Waals surface area contributed by atoms with Crippen molar-refractivity contribution in [1.29, 1.82) is 0 Å². The predicted octanol–water partition coefficient (Wildman–Crippen LogP) is 2.90. The van der Waals surface area contributed by atoms with Crippen LogP contribution in [0.2, 0.25) is 0 Å². The minimum atomic E-state index is -0.482. The van der Waals surface area contributed by atoms with Crippen molar-refractivity contribution in [1.82, 2.24) is 4.90 Å². The first-order chi connectivity index (χ1) is 10.8. The summed E-state index contributed by atoms with van der Waals surface area (Å²) in [6, 6.07) is 4.48. The average molecular weight is 323 g/mol. The number of amides is 2. The molecule has 0 saturated heterocycles. The number of carbonyl (C=O) groups excluding carboxylic acids is 1. The highest BCUT2D eigenvalue weighted by Gasteiger charge is 2.31. The van der Waals surface area contributed by atoms with Gasteiger partial charge >= 0.3 is 6.03 Å². The van der Waals surface area contributed by atoms with Gasteiger partial charge in [-0.05, 0) is 50.8 Å². The Bertz CT molecular complexity index is 561. The molecule has 1 saturated carbocycles. The molecule has 2 N–H and O–H groups in total. The van der Waals surface area contributed by atoms with Crippen LogP contribution in [0.1, 0.15) is 26.7 Å². The fourth-order valence-corrected chi connectivity index (χ4v) is 2.36. The molecule has 0 aromatic heterocycles. The van der Waals surface area contributed by atoms with E-state index in [1.54, 1.807) is 19.2 Å². The highest BCUT2D eigenvalue weighted by molar-refractivity contribution is 5.89. The highest BCUT2D eigenvalue weighted by atomic mass is 19.1. The summed E-state index contributed by atoms with van der Waals surface area (Å²) in [7, 11) is 3.45. The maximum Gasteiger partial charge on any atom is 0.321 e. The zero-order chi connectivity index (χ0) is 17.1. The smallest absolute Gasteiger partial charge is 0.321 e. The fraction of sp³-hybridized carbons (Fsp3) is 0.588. The van der Waals surface area contributed by atoms with E-state index < -0.39 is 6.10 Å². The average Bonchev–Trinajstić information content (AvgIpc) is 3.31. The predicted molar refractivity (Wildman–Crippen MR) is 90.3 cm³/mol. The second kappa shape index (κ2) is 7.17. The minimum absolute atomic E-state index is 0.181. The number of benzene rings is 1. The highest BCUT2D eigenvalue weighted by Crippen LogP contribution is 2.32. The number of nitrogens with zero attached hydrogens (tertiary/aromatic N) is 2. The zero-order valence-electron chi connectivity index (χ0n) is 14.2. The van der Waals surface area contributed by atoms with Crippen molar-refractivity contribution in [3.05, 3.63) is 24.0 Å². The van der Waals surface area contributed by atoms with Crippen molar-refractivity contribution in [3.63, 3.8) is 0 Å². The Kier molecular flexibility index (Phi) is 5.46. The van der Waals surface area contributed by atoms with Crippen LogP contribution in [-0.4, -0.2) is 48.8 Å². The van der Waals surface area contributed by atoms with Crippen LogP contribution < -0.4 is 10.2 Å². The second-order valence-corrected chi connectivity index (χ2v) is 6.59. The lowest BCUT2D eigenvalue weighted by atomic mass is 10.2. The van der Waals surface area contributed by atoms with Gasteiger partial charge in [-0.1, -0.05) is 0 Å². The molecule has 1 fully saturated rings. The van der Waals surface area contributed by atoms with Crippen molar-refractivity contribution < 1.29 is 14.3 Å². The third kappa shape index (κ3) is 4.58. The largest absolute Gasteiger partial charge is 0.391 e. The standard InChI is InChI=1S/C17H26FN3O2/c1-11(2)21(4)15-8-7-13(9-14(15)18)19-17(23)20(3)10-16(22)12-5-6-12/h7-9,11-12,16,22H,5-6,10H2,1-4H3,(H,19,23). The van der Waals surface area contributed by atoms with Crippen molar-refractivity contribution in [2.45, 2.75) is 38.8 Å².